The number of rotatable bonds is 5. The van der Waals surface area contributed by atoms with Crippen LogP contribution in [-0.4, -0.2) is 34.4 Å². The van der Waals surface area contributed by atoms with E-state index in [-0.39, 0.29) is 0 Å². The Morgan fingerprint density at radius 2 is 2.00 bits per heavy atom. The molecule has 0 aliphatic rings. The number of benzene rings is 1. The van der Waals surface area contributed by atoms with Gasteiger partial charge in [0.1, 0.15) is 27.7 Å². The Morgan fingerprint density at radius 1 is 1.08 bits per heavy atom. The van der Waals surface area contributed by atoms with E-state index in [1.54, 1.807) is 43.9 Å². The number of aromatic nitrogens is 4. The van der Waals surface area contributed by atoms with Crippen LogP contribution in [-0.2, 0) is 6.42 Å². The zero-order chi connectivity index (χ0) is 17.2. The van der Waals surface area contributed by atoms with Gasteiger partial charge in [0.05, 0.1) is 31.5 Å². The normalized spacial score (nSPS) is 11.0. The van der Waals surface area contributed by atoms with Crippen LogP contribution in [0.15, 0.2) is 40.9 Å². The summed E-state index contributed by atoms with van der Waals surface area (Å²) in [5, 5.41) is 9.04. The molecule has 0 unspecified atom stereocenters. The molecule has 25 heavy (non-hydrogen) atoms. The Bertz CT molecular complexity index is 1010. The fourth-order valence-electron chi connectivity index (χ4n) is 2.39. The molecule has 3 heterocycles. The molecule has 0 saturated heterocycles. The van der Waals surface area contributed by atoms with E-state index in [4.69, 9.17) is 13.9 Å². The van der Waals surface area contributed by atoms with Crippen LogP contribution in [0.5, 0.6) is 11.5 Å². The second-order valence-electron chi connectivity index (χ2n) is 5.18. The summed E-state index contributed by atoms with van der Waals surface area (Å²) in [7, 11) is 3.23. The minimum Gasteiger partial charge on any atom is -0.495 e. The fraction of sp³-hybridized carbons (Fsp3) is 0.176. The number of ether oxygens (including phenoxy) is 2. The van der Waals surface area contributed by atoms with Crippen LogP contribution in [0.25, 0.3) is 21.8 Å². The lowest BCUT2D eigenvalue weighted by molar-refractivity contribution is 0.413. The zero-order valence-corrected chi connectivity index (χ0v) is 14.4. The van der Waals surface area contributed by atoms with Crippen molar-refractivity contribution < 1.29 is 13.9 Å². The summed E-state index contributed by atoms with van der Waals surface area (Å²) in [5.41, 5.74) is 1.45. The molecule has 0 amide bonds. The highest BCUT2D eigenvalue weighted by molar-refractivity contribution is 7.18. The lowest BCUT2D eigenvalue weighted by Crippen LogP contribution is -1.88. The molecule has 0 radical (unpaired) electrons. The molecule has 4 aromatic rings. The third kappa shape index (κ3) is 3.03. The maximum Gasteiger partial charge on any atom is 0.266 e. The van der Waals surface area contributed by atoms with Crippen molar-refractivity contribution in [3.63, 3.8) is 0 Å². The summed E-state index contributed by atoms with van der Waals surface area (Å²) >= 11 is 1.58. The second kappa shape index (κ2) is 6.48. The molecular weight excluding hydrogens is 340 g/mol. The van der Waals surface area contributed by atoms with Crippen molar-refractivity contribution in [2.45, 2.75) is 6.42 Å². The summed E-state index contributed by atoms with van der Waals surface area (Å²) in [5.74, 6) is 2.29. The number of hydrogen-bond donors (Lipinski definition) is 0. The van der Waals surface area contributed by atoms with Gasteiger partial charge < -0.3 is 13.9 Å². The average Bonchev–Trinajstić information content (AvgIpc) is 3.28. The van der Waals surface area contributed by atoms with E-state index in [1.807, 2.05) is 18.2 Å². The van der Waals surface area contributed by atoms with Crippen molar-refractivity contribution in [1.82, 2.24) is 20.2 Å². The van der Waals surface area contributed by atoms with Gasteiger partial charge in [-0.25, -0.2) is 9.97 Å². The largest absolute Gasteiger partial charge is 0.495 e. The van der Waals surface area contributed by atoms with Gasteiger partial charge in [-0.15, -0.1) is 21.5 Å². The first-order valence-corrected chi connectivity index (χ1v) is 8.33. The maximum absolute atomic E-state index is 5.71. The van der Waals surface area contributed by atoms with E-state index in [2.05, 4.69) is 20.2 Å². The van der Waals surface area contributed by atoms with Crippen LogP contribution < -0.4 is 9.47 Å². The molecule has 0 spiro atoms. The number of para-hydroxylation sites is 1. The van der Waals surface area contributed by atoms with Gasteiger partial charge in [0.2, 0.25) is 5.89 Å². The minimum absolute atomic E-state index is 0.372. The topological polar surface area (TPSA) is 83.2 Å². The molecule has 7 nitrogen and oxygen atoms in total. The fourth-order valence-corrected chi connectivity index (χ4v) is 3.37. The number of fused-ring (bicyclic) bond motifs is 1. The Kier molecular flexibility index (Phi) is 4.02. The molecule has 0 N–H and O–H groups in total. The summed E-state index contributed by atoms with van der Waals surface area (Å²) < 4.78 is 17.2. The van der Waals surface area contributed by atoms with E-state index in [1.165, 1.54) is 0 Å². The van der Waals surface area contributed by atoms with Gasteiger partial charge in [0.15, 0.2) is 0 Å². The van der Waals surface area contributed by atoms with Crippen molar-refractivity contribution >= 4 is 21.6 Å². The van der Waals surface area contributed by atoms with Crippen molar-refractivity contribution in [3.8, 4) is 23.1 Å². The van der Waals surface area contributed by atoms with Crippen LogP contribution in [0.1, 0.15) is 10.9 Å². The molecule has 0 aliphatic heterocycles. The van der Waals surface area contributed by atoms with Crippen molar-refractivity contribution in [3.05, 3.63) is 47.4 Å². The first kappa shape index (κ1) is 15.5. The molecule has 126 valence electrons. The van der Waals surface area contributed by atoms with Gasteiger partial charge in [-0.3, -0.25) is 0 Å². The molecule has 4 rings (SSSR count). The van der Waals surface area contributed by atoms with E-state index in [9.17, 15) is 0 Å². The number of nitrogens with zero attached hydrogens (tertiary/aromatic N) is 4. The van der Waals surface area contributed by atoms with Crippen LogP contribution in [0.2, 0.25) is 0 Å². The molecule has 1 aromatic carbocycles. The molecule has 0 fully saturated rings. The van der Waals surface area contributed by atoms with Crippen molar-refractivity contribution in [2.24, 2.45) is 0 Å². The molecule has 0 bridgehead atoms. The third-order valence-electron chi connectivity index (χ3n) is 3.61. The number of hydrogen-bond acceptors (Lipinski definition) is 8. The first-order chi connectivity index (χ1) is 12.3. The van der Waals surface area contributed by atoms with Crippen LogP contribution >= 0.6 is 11.3 Å². The predicted molar refractivity (Wildman–Crippen MR) is 93.1 cm³/mol. The first-order valence-electron chi connectivity index (χ1n) is 7.52. The van der Waals surface area contributed by atoms with E-state index >= 15 is 0 Å². The van der Waals surface area contributed by atoms with E-state index in [0.717, 1.165) is 21.0 Å². The summed E-state index contributed by atoms with van der Waals surface area (Å²) in [6, 6.07) is 9.43. The molecule has 0 saturated carbocycles. The monoisotopic (exact) mass is 354 g/mol. The van der Waals surface area contributed by atoms with Gasteiger partial charge in [-0.05, 0) is 24.3 Å². The number of thiazole rings is 1. The van der Waals surface area contributed by atoms with Gasteiger partial charge >= 0.3 is 0 Å². The second-order valence-corrected chi connectivity index (χ2v) is 6.29. The lowest BCUT2D eigenvalue weighted by atomic mass is 10.3. The molecule has 0 aliphatic carbocycles. The molecular formula is C17H14N4O3S. The average molecular weight is 354 g/mol. The Labute approximate surface area is 147 Å². The van der Waals surface area contributed by atoms with Gasteiger partial charge in [0, 0.05) is 0 Å². The number of pyridine rings is 1. The smallest absolute Gasteiger partial charge is 0.266 e. The summed E-state index contributed by atoms with van der Waals surface area (Å²) in [4.78, 5) is 8.86. The van der Waals surface area contributed by atoms with Gasteiger partial charge in [-0.2, -0.15) is 0 Å². The maximum atomic E-state index is 5.71. The highest BCUT2D eigenvalue weighted by Gasteiger charge is 2.14. The SMILES string of the molecule is COc1ccc(-c2nnc(Cc3nc4c(OC)cccc4s3)o2)nc1. The predicted octanol–water partition coefficient (Wildman–Crippen LogP) is 3.35. The zero-order valence-electron chi connectivity index (χ0n) is 13.6. The summed E-state index contributed by atoms with van der Waals surface area (Å²) in [6.07, 6.45) is 2.07. The highest BCUT2D eigenvalue weighted by atomic mass is 32.1. The van der Waals surface area contributed by atoms with Gasteiger partial charge in [0.25, 0.3) is 5.89 Å². The highest BCUT2D eigenvalue weighted by Crippen LogP contribution is 2.30. The third-order valence-corrected chi connectivity index (χ3v) is 4.63. The molecule has 0 atom stereocenters. The lowest BCUT2D eigenvalue weighted by Gasteiger charge is -1.98. The van der Waals surface area contributed by atoms with E-state index < -0.39 is 0 Å². The Morgan fingerprint density at radius 3 is 2.76 bits per heavy atom. The number of methoxy groups -OCH3 is 2. The summed E-state index contributed by atoms with van der Waals surface area (Å²) in [6.45, 7) is 0. The van der Waals surface area contributed by atoms with Crippen LogP contribution in [0.3, 0.4) is 0 Å². The Hall–Kier alpha value is -3.00. The standard InChI is InChI=1S/C17H14N4O3S/c1-22-10-6-7-11(18-9-10)17-21-20-14(24-17)8-15-19-16-12(23-2)4-3-5-13(16)25-15/h3-7,9H,8H2,1-2H3. The molecule has 3 aromatic heterocycles. The van der Waals surface area contributed by atoms with Gasteiger partial charge in [-0.1, -0.05) is 6.07 Å². The van der Waals surface area contributed by atoms with E-state index in [0.29, 0.717) is 29.6 Å². The van der Waals surface area contributed by atoms with Crippen molar-refractivity contribution in [2.75, 3.05) is 14.2 Å². The minimum atomic E-state index is 0.372. The van der Waals surface area contributed by atoms with Crippen LogP contribution in [0, 0.1) is 0 Å². The van der Waals surface area contributed by atoms with Crippen LogP contribution in [0.4, 0.5) is 0 Å². The Balaban J connectivity index is 1.58. The quantitative estimate of drug-likeness (QED) is 0.543. The molecule has 8 heteroatoms. The van der Waals surface area contributed by atoms with Crippen molar-refractivity contribution in [1.29, 1.82) is 0 Å².